The van der Waals surface area contributed by atoms with Crippen LogP contribution in [0.15, 0.2) is 30.3 Å². The summed E-state index contributed by atoms with van der Waals surface area (Å²) in [6.07, 6.45) is 0. The summed E-state index contributed by atoms with van der Waals surface area (Å²) in [6.45, 7) is 1.89. The zero-order valence-electron chi connectivity index (χ0n) is 9.77. The number of aromatic nitrogens is 2. The zero-order valence-corrected chi connectivity index (χ0v) is 9.77. The van der Waals surface area contributed by atoms with E-state index in [1.54, 1.807) is 29.9 Å². The van der Waals surface area contributed by atoms with E-state index in [0.29, 0.717) is 17.1 Å². The molecule has 0 atom stereocenters. The highest BCUT2D eigenvalue weighted by molar-refractivity contribution is 6.04. The van der Waals surface area contributed by atoms with E-state index in [9.17, 15) is 4.79 Å². The van der Waals surface area contributed by atoms with Crippen molar-refractivity contribution in [2.24, 2.45) is 7.05 Å². The molecule has 2 aromatic rings. The van der Waals surface area contributed by atoms with Gasteiger partial charge in [0.1, 0.15) is 0 Å². The van der Waals surface area contributed by atoms with Gasteiger partial charge in [0.05, 0.1) is 11.4 Å². The molecule has 0 aliphatic rings. The number of nitrogens with two attached hydrogens (primary N) is 1. The molecule has 5 nitrogen and oxygen atoms in total. The number of nitrogen functional groups attached to an aromatic ring is 1. The van der Waals surface area contributed by atoms with Crippen LogP contribution in [0.1, 0.15) is 16.2 Å². The van der Waals surface area contributed by atoms with E-state index in [1.165, 1.54) is 0 Å². The van der Waals surface area contributed by atoms with Gasteiger partial charge in [-0.05, 0) is 25.1 Å². The molecule has 0 spiro atoms. The fraction of sp³-hybridized carbons (Fsp3) is 0.167. The molecule has 2 rings (SSSR count). The summed E-state index contributed by atoms with van der Waals surface area (Å²) in [6, 6.07) is 8.85. The second kappa shape index (κ2) is 4.29. The van der Waals surface area contributed by atoms with Crippen molar-refractivity contribution in [3.05, 3.63) is 41.7 Å². The summed E-state index contributed by atoms with van der Waals surface area (Å²) in [5, 5.41) is 6.83. The molecule has 0 aliphatic heterocycles. The molecule has 0 unspecified atom stereocenters. The Bertz CT molecular complexity index is 540. The molecule has 1 aromatic carbocycles. The molecule has 1 amide bonds. The van der Waals surface area contributed by atoms with Gasteiger partial charge < -0.3 is 11.1 Å². The van der Waals surface area contributed by atoms with Crippen LogP contribution >= 0.6 is 0 Å². The maximum atomic E-state index is 11.9. The van der Waals surface area contributed by atoms with Gasteiger partial charge in [-0.2, -0.15) is 5.10 Å². The normalized spacial score (nSPS) is 10.2. The number of nitrogens with zero attached hydrogens (tertiary/aromatic N) is 2. The molecule has 0 saturated heterocycles. The number of rotatable bonds is 2. The van der Waals surface area contributed by atoms with Crippen molar-refractivity contribution >= 4 is 17.3 Å². The minimum Gasteiger partial charge on any atom is -0.397 e. The predicted molar refractivity (Wildman–Crippen MR) is 66.8 cm³/mol. The van der Waals surface area contributed by atoms with Gasteiger partial charge in [-0.1, -0.05) is 12.1 Å². The fourth-order valence-corrected chi connectivity index (χ4v) is 1.47. The lowest BCUT2D eigenvalue weighted by atomic mass is 10.2. The Morgan fingerprint density at radius 1 is 1.41 bits per heavy atom. The van der Waals surface area contributed by atoms with Crippen molar-refractivity contribution in [2.45, 2.75) is 6.92 Å². The number of nitrogens with one attached hydrogen (secondary N) is 1. The van der Waals surface area contributed by atoms with Crippen LogP contribution in [0, 0.1) is 6.92 Å². The first kappa shape index (κ1) is 11.2. The van der Waals surface area contributed by atoms with E-state index in [1.807, 2.05) is 19.1 Å². The summed E-state index contributed by atoms with van der Waals surface area (Å²) < 4.78 is 1.66. The lowest BCUT2D eigenvalue weighted by molar-refractivity contribution is 0.102. The van der Waals surface area contributed by atoms with Crippen LogP contribution in [0.25, 0.3) is 0 Å². The molecule has 0 fully saturated rings. The van der Waals surface area contributed by atoms with Crippen molar-refractivity contribution in [2.75, 3.05) is 11.1 Å². The monoisotopic (exact) mass is 230 g/mol. The van der Waals surface area contributed by atoms with Crippen molar-refractivity contribution in [3.63, 3.8) is 0 Å². The summed E-state index contributed by atoms with van der Waals surface area (Å²) in [7, 11) is 1.79. The minimum atomic E-state index is -0.258. The number of hydrogen-bond acceptors (Lipinski definition) is 3. The average Bonchev–Trinajstić information content (AvgIpc) is 2.63. The smallest absolute Gasteiger partial charge is 0.276 e. The maximum Gasteiger partial charge on any atom is 0.276 e. The minimum absolute atomic E-state index is 0.258. The van der Waals surface area contributed by atoms with E-state index < -0.39 is 0 Å². The molecule has 0 saturated carbocycles. The van der Waals surface area contributed by atoms with Gasteiger partial charge in [-0.25, -0.2) is 0 Å². The maximum absolute atomic E-state index is 11.9. The van der Waals surface area contributed by atoms with E-state index in [2.05, 4.69) is 10.4 Å². The molecular formula is C12H14N4O. The number of amides is 1. The van der Waals surface area contributed by atoms with Crippen LogP contribution in [-0.2, 0) is 7.05 Å². The number of carbonyl (C=O) groups is 1. The highest BCUT2D eigenvalue weighted by Gasteiger charge is 2.11. The lowest BCUT2D eigenvalue weighted by Crippen LogP contribution is -2.14. The third kappa shape index (κ3) is 2.28. The summed E-state index contributed by atoms with van der Waals surface area (Å²) in [5.74, 6) is -0.258. The molecule has 1 heterocycles. The lowest BCUT2D eigenvalue weighted by Gasteiger charge is -2.05. The molecule has 0 radical (unpaired) electrons. The molecule has 1 aromatic heterocycles. The number of para-hydroxylation sites is 2. The number of benzene rings is 1. The van der Waals surface area contributed by atoms with Gasteiger partial charge in [0.15, 0.2) is 5.69 Å². The van der Waals surface area contributed by atoms with Crippen LogP contribution in [0.2, 0.25) is 0 Å². The van der Waals surface area contributed by atoms with Gasteiger partial charge in [-0.15, -0.1) is 0 Å². The highest BCUT2D eigenvalue weighted by Crippen LogP contribution is 2.17. The summed E-state index contributed by atoms with van der Waals surface area (Å²) in [4.78, 5) is 11.9. The Morgan fingerprint density at radius 2 is 2.12 bits per heavy atom. The molecule has 0 aliphatic carbocycles. The van der Waals surface area contributed by atoms with E-state index in [-0.39, 0.29) is 5.91 Å². The van der Waals surface area contributed by atoms with Crippen molar-refractivity contribution < 1.29 is 4.79 Å². The van der Waals surface area contributed by atoms with Crippen molar-refractivity contribution in [1.82, 2.24) is 9.78 Å². The van der Waals surface area contributed by atoms with E-state index >= 15 is 0 Å². The van der Waals surface area contributed by atoms with Crippen molar-refractivity contribution in [3.8, 4) is 0 Å². The molecular weight excluding hydrogens is 216 g/mol. The second-order valence-corrected chi connectivity index (χ2v) is 3.84. The Hall–Kier alpha value is -2.30. The third-order valence-corrected chi connectivity index (χ3v) is 2.56. The number of hydrogen-bond donors (Lipinski definition) is 2. The van der Waals surface area contributed by atoms with Gasteiger partial charge in [0.25, 0.3) is 5.91 Å². The first-order valence-corrected chi connectivity index (χ1v) is 5.24. The molecule has 3 N–H and O–H groups in total. The van der Waals surface area contributed by atoms with Gasteiger partial charge in [-0.3, -0.25) is 9.48 Å². The Morgan fingerprint density at radius 3 is 2.71 bits per heavy atom. The topological polar surface area (TPSA) is 72.9 Å². The van der Waals surface area contributed by atoms with Crippen molar-refractivity contribution in [1.29, 1.82) is 0 Å². The quantitative estimate of drug-likeness (QED) is 0.769. The zero-order chi connectivity index (χ0) is 12.4. The second-order valence-electron chi connectivity index (χ2n) is 3.84. The predicted octanol–water partition coefficient (Wildman–Crippen LogP) is 1.56. The summed E-state index contributed by atoms with van der Waals surface area (Å²) in [5.41, 5.74) is 8.18. The SMILES string of the molecule is Cc1cc(C(=O)Nc2ccccc2N)nn1C. The van der Waals surface area contributed by atoms with E-state index in [0.717, 1.165) is 5.69 Å². The van der Waals surface area contributed by atoms with Crippen LogP contribution in [0.4, 0.5) is 11.4 Å². The van der Waals surface area contributed by atoms with E-state index in [4.69, 9.17) is 5.73 Å². The van der Waals surface area contributed by atoms with Crippen LogP contribution in [0.3, 0.4) is 0 Å². The molecule has 5 heteroatoms. The fourth-order valence-electron chi connectivity index (χ4n) is 1.47. The Labute approximate surface area is 99.2 Å². The van der Waals surface area contributed by atoms with Gasteiger partial charge in [0, 0.05) is 12.7 Å². The molecule has 88 valence electrons. The first-order valence-electron chi connectivity index (χ1n) is 5.24. The Balaban J connectivity index is 2.20. The van der Waals surface area contributed by atoms with Crippen LogP contribution in [-0.4, -0.2) is 15.7 Å². The number of carbonyl (C=O) groups excluding carboxylic acids is 1. The summed E-state index contributed by atoms with van der Waals surface area (Å²) >= 11 is 0. The van der Waals surface area contributed by atoms with Gasteiger partial charge >= 0.3 is 0 Å². The first-order chi connectivity index (χ1) is 8.08. The number of anilines is 2. The average molecular weight is 230 g/mol. The Kier molecular flexibility index (Phi) is 2.82. The number of aryl methyl sites for hydroxylation is 2. The van der Waals surface area contributed by atoms with Crippen LogP contribution in [0.5, 0.6) is 0 Å². The highest BCUT2D eigenvalue weighted by atomic mass is 16.1. The standard InChI is InChI=1S/C12H14N4O/c1-8-7-11(15-16(8)2)12(17)14-10-6-4-3-5-9(10)13/h3-7H,13H2,1-2H3,(H,14,17). The van der Waals surface area contributed by atoms with Gasteiger partial charge in [0.2, 0.25) is 0 Å². The third-order valence-electron chi connectivity index (χ3n) is 2.56. The molecule has 17 heavy (non-hydrogen) atoms. The molecule has 0 bridgehead atoms. The largest absolute Gasteiger partial charge is 0.397 e. The van der Waals surface area contributed by atoms with Crippen LogP contribution < -0.4 is 11.1 Å².